The zero-order valence-corrected chi connectivity index (χ0v) is 18.1. The average Bonchev–Trinajstić information content (AvgIpc) is 3.45. The summed E-state index contributed by atoms with van der Waals surface area (Å²) in [7, 11) is 3.44. The van der Waals surface area contributed by atoms with Gasteiger partial charge in [0.15, 0.2) is 5.96 Å². The minimum Gasteiger partial charge on any atom is -0.380 e. The van der Waals surface area contributed by atoms with Crippen LogP contribution in [0.5, 0.6) is 0 Å². The van der Waals surface area contributed by atoms with E-state index in [-0.39, 0.29) is 35.2 Å². The third-order valence-corrected chi connectivity index (χ3v) is 4.91. The Balaban J connectivity index is 0.00000261. The van der Waals surface area contributed by atoms with Crippen molar-refractivity contribution in [1.29, 1.82) is 0 Å². The van der Waals surface area contributed by atoms with E-state index in [1.54, 1.807) is 20.2 Å². The Morgan fingerprint density at radius 3 is 2.33 bits per heavy atom. The molecule has 2 aromatic rings. The summed E-state index contributed by atoms with van der Waals surface area (Å²) in [4.78, 5) is 4.28. The van der Waals surface area contributed by atoms with Crippen LogP contribution in [-0.4, -0.2) is 26.7 Å². The Bertz CT molecular complexity index is 760. The van der Waals surface area contributed by atoms with Crippen LogP contribution in [0.2, 0.25) is 0 Å². The van der Waals surface area contributed by atoms with Crippen LogP contribution in [0.1, 0.15) is 29.5 Å². The van der Waals surface area contributed by atoms with E-state index in [1.807, 2.05) is 12.1 Å². The molecule has 2 aromatic carbocycles. The fraction of sp³-hybridized carbons (Fsp3) is 0.381. The molecule has 2 N–H and O–H groups in total. The van der Waals surface area contributed by atoms with Crippen LogP contribution in [0.4, 0.5) is 4.39 Å². The number of aliphatic imine (C=N–C) groups is 1. The van der Waals surface area contributed by atoms with Crippen molar-refractivity contribution in [2.45, 2.75) is 31.4 Å². The molecule has 3 rings (SSSR count). The summed E-state index contributed by atoms with van der Waals surface area (Å²) in [5.74, 6) is 0.611. The van der Waals surface area contributed by atoms with Gasteiger partial charge in [0.1, 0.15) is 5.82 Å². The second-order valence-electron chi connectivity index (χ2n) is 6.79. The predicted molar refractivity (Wildman–Crippen MR) is 118 cm³/mol. The lowest BCUT2D eigenvalue weighted by Crippen LogP contribution is -2.41. The van der Waals surface area contributed by atoms with Crippen molar-refractivity contribution in [2.24, 2.45) is 4.99 Å². The summed E-state index contributed by atoms with van der Waals surface area (Å²) in [5, 5.41) is 6.67. The molecule has 27 heavy (non-hydrogen) atoms. The summed E-state index contributed by atoms with van der Waals surface area (Å²) in [6.07, 6.45) is 2.00. The number of methoxy groups -OCH3 is 1. The van der Waals surface area contributed by atoms with Crippen molar-refractivity contribution in [1.82, 2.24) is 10.6 Å². The van der Waals surface area contributed by atoms with E-state index in [0.717, 1.165) is 29.9 Å². The normalized spacial score (nSPS) is 15.0. The molecule has 0 atom stereocenters. The number of benzene rings is 2. The van der Waals surface area contributed by atoms with Crippen LogP contribution < -0.4 is 10.6 Å². The Morgan fingerprint density at radius 2 is 1.74 bits per heavy atom. The van der Waals surface area contributed by atoms with Crippen LogP contribution in [0, 0.1) is 5.82 Å². The Morgan fingerprint density at radius 1 is 1.07 bits per heavy atom. The minimum absolute atomic E-state index is 0. The van der Waals surface area contributed by atoms with Gasteiger partial charge in [-0.15, -0.1) is 24.0 Å². The monoisotopic (exact) mass is 483 g/mol. The lowest BCUT2D eigenvalue weighted by molar-refractivity contribution is 0.185. The van der Waals surface area contributed by atoms with Gasteiger partial charge in [-0.05, 0) is 35.6 Å². The molecule has 1 aliphatic rings. The van der Waals surface area contributed by atoms with Gasteiger partial charge in [0.2, 0.25) is 0 Å². The number of nitrogens with one attached hydrogen (secondary N) is 2. The highest BCUT2D eigenvalue weighted by atomic mass is 127. The number of ether oxygens (including phenoxy) is 1. The lowest BCUT2D eigenvalue weighted by Gasteiger charge is -2.19. The highest BCUT2D eigenvalue weighted by molar-refractivity contribution is 14.0. The van der Waals surface area contributed by atoms with Gasteiger partial charge < -0.3 is 15.4 Å². The van der Waals surface area contributed by atoms with E-state index in [4.69, 9.17) is 4.74 Å². The van der Waals surface area contributed by atoms with Gasteiger partial charge in [-0.3, -0.25) is 4.99 Å². The molecule has 4 nitrogen and oxygen atoms in total. The average molecular weight is 483 g/mol. The summed E-state index contributed by atoms with van der Waals surface area (Å²) in [6, 6.07) is 15.4. The van der Waals surface area contributed by atoms with Crippen molar-refractivity contribution in [3.63, 3.8) is 0 Å². The Hall–Kier alpha value is -1.67. The van der Waals surface area contributed by atoms with Gasteiger partial charge >= 0.3 is 0 Å². The van der Waals surface area contributed by atoms with Gasteiger partial charge in [0, 0.05) is 32.7 Å². The third kappa shape index (κ3) is 5.65. The van der Waals surface area contributed by atoms with Gasteiger partial charge in [-0.2, -0.15) is 0 Å². The van der Waals surface area contributed by atoms with Crippen LogP contribution in [0.15, 0.2) is 53.5 Å². The van der Waals surface area contributed by atoms with Crippen LogP contribution in [0.25, 0.3) is 0 Å². The largest absolute Gasteiger partial charge is 0.380 e. The van der Waals surface area contributed by atoms with Gasteiger partial charge in [0.25, 0.3) is 0 Å². The second kappa shape index (κ2) is 10.0. The number of guanidine groups is 1. The SMILES string of the molecule is CN=C(NCc1ccc(COC)cc1)NCC1(c2ccccc2F)CC1.I. The molecule has 6 heteroatoms. The maximum absolute atomic E-state index is 14.1. The predicted octanol–water partition coefficient (Wildman–Crippen LogP) is 3.99. The van der Waals surface area contributed by atoms with Crippen molar-refractivity contribution < 1.29 is 9.13 Å². The number of hydrogen-bond acceptors (Lipinski definition) is 2. The number of rotatable bonds is 7. The van der Waals surface area contributed by atoms with E-state index in [1.165, 1.54) is 11.6 Å². The molecule has 0 aromatic heterocycles. The zero-order valence-electron chi connectivity index (χ0n) is 15.8. The molecule has 0 radical (unpaired) electrons. The van der Waals surface area contributed by atoms with Crippen molar-refractivity contribution in [3.05, 3.63) is 71.0 Å². The fourth-order valence-corrected chi connectivity index (χ4v) is 3.16. The second-order valence-corrected chi connectivity index (χ2v) is 6.79. The van der Waals surface area contributed by atoms with Crippen molar-refractivity contribution in [3.8, 4) is 0 Å². The molecule has 0 spiro atoms. The molecule has 0 heterocycles. The molecule has 1 aliphatic carbocycles. The molecule has 1 saturated carbocycles. The van der Waals surface area contributed by atoms with Gasteiger partial charge in [-0.25, -0.2) is 4.39 Å². The zero-order chi connectivity index (χ0) is 18.4. The maximum Gasteiger partial charge on any atom is 0.191 e. The quantitative estimate of drug-likeness (QED) is 0.356. The van der Waals surface area contributed by atoms with Gasteiger partial charge in [0.05, 0.1) is 6.61 Å². The molecule has 0 amide bonds. The highest BCUT2D eigenvalue weighted by Crippen LogP contribution is 2.48. The number of nitrogens with zero attached hydrogens (tertiary/aromatic N) is 1. The molecule has 146 valence electrons. The summed E-state index contributed by atoms with van der Waals surface area (Å²) < 4.78 is 19.2. The molecule has 0 saturated heterocycles. The molecule has 0 bridgehead atoms. The first-order chi connectivity index (χ1) is 12.7. The molecule has 0 unspecified atom stereocenters. The Kier molecular flexibility index (Phi) is 8.04. The van der Waals surface area contributed by atoms with E-state index in [9.17, 15) is 4.39 Å². The number of hydrogen-bond donors (Lipinski definition) is 2. The molecule has 1 fully saturated rings. The van der Waals surface area contributed by atoms with Crippen LogP contribution >= 0.6 is 24.0 Å². The van der Waals surface area contributed by atoms with E-state index in [2.05, 4.69) is 39.9 Å². The van der Waals surface area contributed by atoms with Crippen LogP contribution in [0.3, 0.4) is 0 Å². The summed E-state index contributed by atoms with van der Waals surface area (Å²) >= 11 is 0. The first-order valence-corrected chi connectivity index (χ1v) is 8.93. The summed E-state index contributed by atoms with van der Waals surface area (Å²) in [6.45, 7) is 1.98. The first-order valence-electron chi connectivity index (χ1n) is 8.93. The minimum atomic E-state index is -0.120. The fourth-order valence-electron chi connectivity index (χ4n) is 3.16. The van der Waals surface area contributed by atoms with Crippen molar-refractivity contribution >= 4 is 29.9 Å². The Labute approximate surface area is 177 Å². The summed E-state index contributed by atoms with van der Waals surface area (Å²) in [5.41, 5.74) is 3.02. The van der Waals surface area contributed by atoms with E-state index >= 15 is 0 Å². The smallest absolute Gasteiger partial charge is 0.191 e. The standard InChI is InChI=1S/C21H26FN3O.HI/c1-23-20(24-13-16-7-9-17(10-8-16)14-26-2)25-15-21(11-12-21)18-5-3-4-6-19(18)22;/h3-10H,11-15H2,1-2H3,(H2,23,24,25);1H. The van der Waals surface area contributed by atoms with E-state index < -0.39 is 0 Å². The van der Waals surface area contributed by atoms with Gasteiger partial charge in [-0.1, -0.05) is 42.5 Å². The third-order valence-electron chi connectivity index (χ3n) is 4.91. The molecule has 0 aliphatic heterocycles. The topological polar surface area (TPSA) is 45.7 Å². The van der Waals surface area contributed by atoms with E-state index in [0.29, 0.717) is 19.7 Å². The number of halogens is 2. The lowest BCUT2D eigenvalue weighted by atomic mass is 9.95. The van der Waals surface area contributed by atoms with Crippen LogP contribution in [-0.2, 0) is 23.3 Å². The highest BCUT2D eigenvalue weighted by Gasteiger charge is 2.45. The molecular formula is C21H27FIN3O. The molecular weight excluding hydrogens is 456 g/mol. The maximum atomic E-state index is 14.1. The first kappa shape index (κ1) is 21.6. The van der Waals surface area contributed by atoms with Crippen molar-refractivity contribution in [2.75, 3.05) is 20.7 Å².